The summed E-state index contributed by atoms with van der Waals surface area (Å²) in [5.41, 5.74) is 2.26. The lowest BCUT2D eigenvalue weighted by Gasteiger charge is -2.27. The molecule has 0 radical (unpaired) electrons. The van der Waals surface area contributed by atoms with Gasteiger partial charge in [0.2, 0.25) is 0 Å². The Hall–Kier alpha value is -4.74. The van der Waals surface area contributed by atoms with Gasteiger partial charge in [0.1, 0.15) is 44.8 Å². The zero-order valence-electron chi connectivity index (χ0n) is 27.6. The Morgan fingerprint density at radius 1 is 0.531 bits per heavy atom. The van der Waals surface area contributed by atoms with E-state index in [4.69, 9.17) is 9.47 Å². The maximum Gasteiger partial charge on any atom is 0.124 e. The van der Waals surface area contributed by atoms with Crippen LogP contribution in [0.15, 0.2) is 175 Å². The average molecular weight is 689 g/mol. The first-order chi connectivity index (χ1) is 23.8. The molecule has 6 aromatic carbocycles. The summed E-state index contributed by atoms with van der Waals surface area (Å²) < 4.78 is 42.9. The van der Waals surface area contributed by atoms with E-state index in [0.29, 0.717) is 13.2 Å². The van der Waals surface area contributed by atoms with Crippen molar-refractivity contribution < 1.29 is 22.4 Å². The van der Waals surface area contributed by atoms with E-state index >= 15 is 0 Å². The van der Waals surface area contributed by atoms with Gasteiger partial charge in [-0.05, 0) is 85.3 Å². The predicted molar refractivity (Wildman–Crippen MR) is 201 cm³/mol. The largest absolute Gasteiger partial charge is 0.744 e. The third-order valence-corrected chi connectivity index (χ3v) is 13.4. The molecule has 7 heteroatoms. The normalized spacial score (nSPS) is 11.2. The second-order valence-electron chi connectivity index (χ2n) is 11.6. The molecule has 0 amide bonds. The molecule has 0 saturated carbocycles. The lowest BCUT2D eigenvalue weighted by atomic mass is 10.2. The van der Waals surface area contributed by atoms with Gasteiger partial charge in [-0.15, -0.1) is 0 Å². The first-order valence-corrected chi connectivity index (χ1v) is 19.7. The fourth-order valence-electron chi connectivity index (χ4n) is 5.59. The molecule has 49 heavy (non-hydrogen) atoms. The fourth-order valence-corrected chi connectivity index (χ4v) is 10.4. The van der Waals surface area contributed by atoms with Gasteiger partial charge >= 0.3 is 0 Å². The first-order valence-electron chi connectivity index (χ1n) is 16.3. The molecule has 0 bridgehead atoms. The minimum Gasteiger partial charge on any atom is -0.744 e. The molecule has 0 aliphatic rings. The topological polar surface area (TPSA) is 75.7 Å². The van der Waals surface area contributed by atoms with E-state index in [1.165, 1.54) is 33.6 Å². The van der Waals surface area contributed by atoms with Crippen LogP contribution < -0.4 is 25.4 Å². The highest BCUT2D eigenvalue weighted by atomic mass is 32.2. The van der Waals surface area contributed by atoms with Gasteiger partial charge in [-0.3, -0.25) is 0 Å². The molecule has 5 nitrogen and oxygen atoms in total. The van der Waals surface area contributed by atoms with Crippen molar-refractivity contribution in [1.82, 2.24) is 0 Å². The molecule has 6 rings (SSSR count). The number of ether oxygens (including phenoxy) is 2. The number of para-hydroxylation sites is 1. The number of hydrogen-bond acceptors (Lipinski definition) is 5. The summed E-state index contributed by atoms with van der Waals surface area (Å²) in [5, 5.41) is 4.28. The smallest absolute Gasteiger partial charge is 0.124 e. The third-order valence-electron chi connectivity index (χ3n) is 8.13. The van der Waals surface area contributed by atoms with Crippen LogP contribution in [0.1, 0.15) is 17.5 Å². The van der Waals surface area contributed by atoms with Crippen LogP contribution in [0.5, 0.6) is 11.5 Å². The number of aryl methyl sites for hydroxylation is 2. The van der Waals surface area contributed by atoms with Crippen LogP contribution >= 0.6 is 7.26 Å². The molecule has 0 spiro atoms. The van der Waals surface area contributed by atoms with E-state index < -0.39 is 17.4 Å². The van der Waals surface area contributed by atoms with Crippen LogP contribution in [0.3, 0.4) is 0 Å². The lowest BCUT2D eigenvalue weighted by molar-refractivity contribution is 0.247. The van der Waals surface area contributed by atoms with E-state index in [2.05, 4.69) is 115 Å². The van der Waals surface area contributed by atoms with Gasteiger partial charge in [-0.1, -0.05) is 103 Å². The highest BCUT2D eigenvalue weighted by Crippen LogP contribution is 2.55. The highest BCUT2D eigenvalue weighted by Gasteiger charge is 2.44. The zero-order valence-corrected chi connectivity index (χ0v) is 29.3. The zero-order chi connectivity index (χ0) is 34.4. The first kappa shape index (κ1) is 35.6. The van der Waals surface area contributed by atoms with Gasteiger partial charge in [-0.25, -0.2) is 8.42 Å². The molecule has 0 atom stereocenters. The van der Waals surface area contributed by atoms with Crippen molar-refractivity contribution in [3.05, 3.63) is 181 Å². The predicted octanol–water partition coefficient (Wildman–Crippen LogP) is 7.97. The Morgan fingerprint density at radius 3 is 1.37 bits per heavy atom. The van der Waals surface area contributed by atoms with Gasteiger partial charge in [0.15, 0.2) is 0 Å². The molecular weight excluding hydrogens is 647 g/mol. The quantitative estimate of drug-likeness (QED) is 0.0699. The van der Waals surface area contributed by atoms with E-state index in [1.807, 2.05) is 37.3 Å². The van der Waals surface area contributed by atoms with Crippen LogP contribution in [-0.4, -0.2) is 32.3 Å². The van der Waals surface area contributed by atoms with E-state index in [9.17, 15) is 13.0 Å². The van der Waals surface area contributed by atoms with Crippen LogP contribution in [0, 0.1) is 6.92 Å². The van der Waals surface area contributed by atoms with Crippen LogP contribution in [0.4, 0.5) is 0 Å². The van der Waals surface area contributed by atoms with Crippen LogP contribution in [-0.2, 0) is 16.5 Å². The van der Waals surface area contributed by atoms with Crippen LogP contribution in [0.2, 0.25) is 0 Å². The second kappa shape index (κ2) is 17.6. The highest BCUT2D eigenvalue weighted by molar-refractivity contribution is 7.95. The Bertz CT molecular complexity index is 1840. The molecule has 0 N–H and O–H groups in total. The summed E-state index contributed by atoms with van der Waals surface area (Å²) in [5.74, 6) is 1.81. The summed E-state index contributed by atoms with van der Waals surface area (Å²) in [4.78, 5) is -0.178. The van der Waals surface area contributed by atoms with Gasteiger partial charge in [0.05, 0.1) is 24.3 Å². The van der Waals surface area contributed by atoms with Crippen LogP contribution in [0.25, 0.3) is 0 Å². The molecule has 0 aromatic heterocycles. The van der Waals surface area contributed by atoms with Crippen molar-refractivity contribution >= 4 is 33.3 Å². The van der Waals surface area contributed by atoms with Gasteiger partial charge in [0, 0.05) is 12.8 Å². The van der Waals surface area contributed by atoms with Crippen molar-refractivity contribution in [2.24, 2.45) is 0 Å². The second-order valence-corrected chi connectivity index (χ2v) is 16.6. The fraction of sp³-hybridized carbons (Fsp3) is 0.143. The molecule has 6 aromatic rings. The summed E-state index contributed by atoms with van der Waals surface area (Å²) >= 11 is 0. The Kier molecular flexibility index (Phi) is 12.8. The summed E-state index contributed by atoms with van der Waals surface area (Å²) in [7, 11) is -6.10. The molecule has 250 valence electrons. The molecule has 0 unspecified atom stereocenters. The lowest BCUT2D eigenvalue weighted by Crippen LogP contribution is -2.34. The average Bonchev–Trinajstić information content (AvgIpc) is 3.14. The summed E-state index contributed by atoms with van der Waals surface area (Å²) in [6, 6.07) is 57.6. The van der Waals surface area contributed by atoms with Crippen molar-refractivity contribution in [2.75, 3.05) is 19.4 Å². The Morgan fingerprint density at radius 2 is 0.939 bits per heavy atom. The van der Waals surface area contributed by atoms with Crippen molar-refractivity contribution in [3.63, 3.8) is 0 Å². The van der Waals surface area contributed by atoms with E-state index in [1.54, 1.807) is 12.1 Å². The van der Waals surface area contributed by atoms with Crippen molar-refractivity contribution in [1.29, 1.82) is 0 Å². The van der Waals surface area contributed by atoms with Gasteiger partial charge < -0.3 is 14.0 Å². The number of benzene rings is 6. The molecule has 0 heterocycles. The molecule has 0 aliphatic carbocycles. The van der Waals surface area contributed by atoms with Gasteiger partial charge in [0.25, 0.3) is 0 Å². The minimum absolute atomic E-state index is 0.178. The van der Waals surface area contributed by atoms with Crippen molar-refractivity contribution in [2.45, 2.75) is 24.7 Å². The Labute approximate surface area is 291 Å². The van der Waals surface area contributed by atoms with Gasteiger partial charge in [-0.2, -0.15) is 0 Å². The summed E-state index contributed by atoms with van der Waals surface area (Å²) in [6.07, 6.45) is 2.91. The molecular formula is C42H41O5PS. The Balaban J connectivity index is 0.000000363. The van der Waals surface area contributed by atoms with E-state index in [-0.39, 0.29) is 4.90 Å². The molecule has 0 fully saturated rings. The number of rotatable bonds is 13. The monoisotopic (exact) mass is 688 g/mol. The standard InChI is InChI=1S/C35H34O2P.C7H8O3S/c1-5-14-31(15-6-1)36-27-13-28-37-32-24-22-30(23-25-32)26-29-38(33-16-7-2-8-17-33,34-18-9-3-10-19-34)35-20-11-4-12-21-35;1-6-2-4-7(5-3-6)11(8,9)10/h1-12,14-25H,13,26-29H2;2-5H,1H3,(H,8,9,10)/q+1;/p-1. The molecule has 0 aliphatic heterocycles. The van der Waals surface area contributed by atoms with Crippen molar-refractivity contribution in [3.8, 4) is 11.5 Å². The maximum absolute atomic E-state index is 10.4. The number of hydrogen-bond donors (Lipinski definition) is 0. The minimum atomic E-state index is -4.27. The summed E-state index contributed by atoms with van der Waals surface area (Å²) in [6.45, 7) is 3.10. The molecule has 0 saturated heterocycles. The third kappa shape index (κ3) is 10.1. The van der Waals surface area contributed by atoms with E-state index in [0.717, 1.165) is 36.1 Å². The maximum atomic E-state index is 10.4. The SMILES string of the molecule is Cc1ccc(S(=O)(=O)[O-])cc1.c1ccc(OCCCOc2ccc(CC[P+](c3ccccc3)(c3ccccc3)c3ccccc3)cc2)cc1.